The van der Waals surface area contributed by atoms with E-state index in [-0.39, 0.29) is 30.2 Å². The van der Waals surface area contributed by atoms with Gasteiger partial charge in [-0.2, -0.15) is 0 Å². The highest BCUT2D eigenvalue weighted by Crippen LogP contribution is 2.41. The summed E-state index contributed by atoms with van der Waals surface area (Å²) in [5.41, 5.74) is -2.74. The van der Waals surface area contributed by atoms with Crippen molar-refractivity contribution in [3.63, 3.8) is 0 Å². The smallest absolute Gasteiger partial charge is 0.252 e. The topological polar surface area (TPSA) is 151 Å². The molecule has 11 nitrogen and oxygen atoms in total. The molecule has 2 saturated heterocycles. The summed E-state index contributed by atoms with van der Waals surface area (Å²) in [7, 11) is 0. The molecule has 0 saturated carbocycles. The fourth-order valence-electron chi connectivity index (χ4n) is 5.17. The number of Topliss-reactive ketones (excluding diaryl/α,β-unsaturated/α-hetero) is 2. The molecule has 2 atom stereocenters. The average molecular weight is 597 g/mol. The van der Waals surface area contributed by atoms with Gasteiger partial charge in [-0.15, -0.1) is 0 Å². The number of aliphatic hydroxyl groups is 2. The number of benzene rings is 2. The summed E-state index contributed by atoms with van der Waals surface area (Å²) in [5.74, 6) is -5.90. The van der Waals surface area contributed by atoms with Crippen LogP contribution < -0.4 is 0 Å². The molecule has 6 rings (SSSR count). The van der Waals surface area contributed by atoms with Gasteiger partial charge in [-0.3, -0.25) is 28.9 Å². The van der Waals surface area contributed by atoms with E-state index in [4.69, 9.17) is 9.47 Å². The van der Waals surface area contributed by atoms with Gasteiger partial charge in [0, 0.05) is 36.9 Å². The van der Waals surface area contributed by atoms with E-state index in [1.807, 2.05) is 0 Å². The van der Waals surface area contributed by atoms with E-state index in [0.29, 0.717) is 29.8 Å². The van der Waals surface area contributed by atoms with E-state index in [0.717, 1.165) is 6.07 Å². The minimum absolute atomic E-state index is 0.0101. The Bertz CT molecular complexity index is 1640. The number of carbonyl (C=O) groups excluding carboxylic acids is 5. The molecule has 13 heteroatoms. The van der Waals surface area contributed by atoms with Crippen molar-refractivity contribution >= 4 is 29.3 Å². The number of rotatable bonds is 4. The molecule has 2 fully saturated rings. The zero-order valence-corrected chi connectivity index (χ0v) is 23.1. The van der Waals surface area contributed by atoms with Gasteiger partial charge in [-0.05, 0) is 44.5 Å². The van der Waals surface area contributed by atoms with Gasteiger partial charge >= 0.3 is 0 Å². The van der Waals surface area contributed by atoms with Gasteiger partial charge in [0.1, 0.15) is 11.6 Å². The number of carbonyl (C=O) groups is 5. The molecule has 0 spiro atoms. The Morgan fingerprint density at radius 3 is 1.60 bits per heavy atom. The number of nitrogens with zero attached hydrogens (tertiary/aromatic N) is 2. The van der Waals surface area contributed by atoms with Crippen LogP contribution in [0.2, 0.25) is 0 Å². The Morgan fingerprint density at radius 2 is 1.16 bits per heavy atom. The molecule has 2 unspecified atom stereocenters. The summed E-state index contributed by atoms with van der Waals surface area (Å²) in [6.45, 7) is 3.19. The lowest BCUT2D eigenvalue weighted by molar-refractivity contribution is -0.144. The van der Waals surface area contributed by atoms with Crippen LogP contribution in [0.3, 0.4) is 0 Å². The van der Waals surface area contributed by atoms with Gasteiger partial charge < -0.3 is 19.7 Å². The highest BCUT2D eigenvalue weighted by molar-refractivity contribution is 6.08. The number of ketones is 2. The number of hydrogen-bond donors (Lipinski definition) is 2. The van der Waals surface area contributed by atoms with Crippen molar-refractivity contribution in [3.05, 3.63) is 94.6 Å². The lowest BCUT2D eigenvalue weighted by atomic mass is 9.91. The summed E-state index contributed by atoms with van der Waals surface area (Å²) in [4.78, 5) is 61.8. The van der Waals surface area contributed by atoms with Gasteiger partial charge in [-0.25, -0.2) is 13.7 Å². The molecule has 2 N–H and O–H groups in total. The summed E-state index contributed by atoms with van der Waals surface area (Å²) >= 11 is 0. The maximum absolute atomic E-state index is 13.4. The molecule has 4 aliphatic rings. The number of amides is 3. The van der Waals surface area contributed by atoms with Crippen molar-refractivity contribution in [1.82, 2.24) is 9.80 Å². The molecular formula is C30H26F2N2O9. The first-order chi connectivity index (χ1) is 20.3. The van der Waals surface area contributed by atoms with Crippen molar-refractivity contribution in [1.29, 1.82) is 0 Å². The standard InChI is InChI=1S/C15H12FNO5.C15H14FNO4/c1-15(8-3-2-4-9(16)7-8)13(21)12(20)14(22-15)17-10(18)5-6-11(17)19;1-15(9-4-2-5-10(16)8-9)13(20)12(19)14(21-15)17-7-3-6-11(17)18/h2-4,7,20H,5-6H2,1H3;2,4-5,8,19H,3,6-7H2,1H3. The number of aliphatic hydroxyl groups excluding tert-OH is 2. The van der Waals surface area contributed by atoms with Crippen LogP contribution >= 0.6 is 0 Å². The largest absolute Gasteiger partial charge is 0.501 e. The second-order valence-corrected chi connectivity index (χ2v) is 10.5. The van der Waals surface area contributed by atoms with Crippen LogP contribution in [0.1, 0.15) is 50.7 Å². The number of hydrogen-bond acceptors (Lipinski definition) is 9. The van der Waals surface area contributed by atoms with Crippen molar-refractivity contribution in [3.8, 4) is 0 Å². The highest BCUT2D eigenvalue weighted by atomic mass is 19.1. The monoisotopic (exact) mass is 596 g/mol. The predicted octanol–water partition coefficient (Wildman–Crippen LogP) is 3.51. The first kappa shape index (κ1) is 29.4. The molecule has 43 heavy (non-hydrogen) atoms. The first-order valence-electron chi connectivity index (χ1n) is 13.3. The molecule has 0 aliphatic carbocycles. The minimum Gasteiger partial charge on any atom is -0.501 e. The van der Waals surface area contributed by atoms with Gasteiger partial charge in [0.2, 0.25) is 35.1 Å². The average Bonchev–Trinajstić information content (AvgIpc) is 3.67. The molecule has 2 aromatic rings. The molecule has 224 valence electrons. The third-order valence-electron chi connectivity index (χ3n) is 7.63. The Balaban J connectivity index is 0.000000171. The highest BCUT2D eigenvalue weighted by Gasteiger charge is 2.53. The first-order valence-corrected chi connectivity index (χ1v) is 13.3. The minimum atomic E-state index is -1.69. The van der Waals surface area contributed by atoms with E-state index < -0.39 is 63.6 Å². The summed E-state index contributed by atoms with van der Waals surface area (Å²) < 4.78 is 37.8. The number of likely N-dealkylation sites (tertiary alicyclic amines) is 2. The second kappa shape index (κ2) is 10.6. The van der Waals surface area contributed by atoms with Crippen LogP contribution in [-0.2, 0) is 44.6 Å². The molecule has 0 aromatic heterocycles. The van der Waals surface area contributed by atoms with Crippen molar-refractivity contribution < 1.29 is 52.4 Å². The molecule has 2 aromatic carbocycles. The Labute approximate surface area is 243 Å². The summed E-state index contributed by atoms with van der Waals surface area (Å²) in [6.07, 6.45) is 0.975. The van der Waals surface area contributed by atoms with E-state index in [2.05, 4.69) is 0 Å². The second-order valence-electron chi connectivity index (χ2n) is 10.5. The van der Waals surface area contributed by atoms with E-state index >= 15 is 0 Å². The predicted molar refractivity (Wildman–Crippen MR) is 141 cm³/mol. The fourth-order valence-corrected chi connectivity index (χ4v) is 5.17. The van der Waals surface area contributed by atoms with Gasteiger partial charge in [0.05, 0.1) is 0 Å². The SMILES string of the molecule is CC1(c2cccc(F)c2)OC(N2C(=O)CCC2=O)=C(O)C1=O.CC1(c2cccc(F)c2)OC(N2CCCC2=O)=C(O)C1=O. The van der Waals surface area contributed by atoms with Gasteiger partial charge in [0.25, 0.3) is 17.4 Å². The van der Waals surface area contributed by atoms with Gasteiger partial charge in [-0.1, -0.05) is 24.3 Å². The molecule has 4 aliphatic heterocycles. The maximum atomic E-state index is 13.4. The van der Waals surface area contributed by atoms with Crippen LogP contribution in [0.25, 0.3) is 0 Å². The third-order valence-corrected chi connectivity index (χ3v) is 7.63. The quantitative estimate of drug-likeness (QED) is 0.506. The van der Waals surface area contributed by atoms with Crippen molar-refractivity contribution in [2.45, 2.75) is 50.7 Å². The van der Waals surface area contributed by atoms with Crippen molar-refractivity contribution in [2.75, 3.05) is 6.54 Å². The van der Waals surface area contributed by atoms with Crippen molar-refractivity contribution in [2.24, 2.45) is 0 Å². The van der Waals surface area contributed by atoms with Crippen LogP contribution in [0.5, 0.6) is 0 Å². The summed E-state index contributed by atoms with van der Waals surface area (Å²) in [6, 6.07) is 10.6. The number of halogens is 2. The van der Waals surface area contributed by atoms with E-state index in [1.54, 1.807) is 6.07 Å². The zero-order valence-electron chi connectivity index (χ0n) is 23.1. The normalized spacial score (nSPS) is 25.4. The van der Waals surface area contributed by atoms with E-state index in [1.165, 1.54) is 55.1 Å². The molecule has 3 amide bonds. The number of ether oxygens (including phenoxy) is 2. The molecule has 0 radical (unpaired) electrons. The Kier molecular flexibility index (Phi) is 7.28. The van der Waals surface area contributed by atoms with Crippen LogP contribution in [-0.4, -0.2) is 55.8 Å². The number of imide groups is 1. The maximum Gasteiger partial charge on any atom is 0.252 e. The zero-order chi connectivity index (χ0) is 31.3. The lowest BCUT2D eigenvalue weighted by Crippen LogP contribution is -2.33. The Morgan fingerprint density at radius 1 is 0.698 bits per heavy atom. The fraction of sp³-hybridized carbons (Fsp3) is 0.300. The van der Waals surface area contributed by atoms with Crippen LogP contribution in [0, 0.1) is 11.6 Å². The molecule has 4 heterocycles. The van der Waals surface area contributed by atoms with Gasteiger partial charge in [0.15, 0.2) is 11.2 Å². The Hall–Kier alpha value is -5.07. The molecular weight excluding hydrogens is 570 g/mol. The van der Waals surface area contributed by atoms with E-state index in [9.17, 15) is 43.0 Å². The lowest BCUT2D eigenvalue weighted by Gasteiger charge is -2.26. The molecule has 0 bridgehead atoms. The third kappa shape index (κ3) is 4.90. The van der Waals surface area contributed by atoms with Crippen LogP contribution in [0.4, 0.5) is 8.78 Å². The van der Waals surface area contributed by atoms with Crippen LogP contribution in [0.15, 0.2) is 71.8 Å². The summed E-state index contributed by atoms with van der Waals surface area (Å²) in [5, 5.41) is 20.0.